The van der Waals surface area contributed by atoms with Crippen molar-refractivity contribution in [1.29, 1.82) is 0 Å². The van der Waals surface area contributed by atoms with E-state index in [9.17, 15) is 4.79 Å². The minimum atomic E-state index is -0.195. The summed E-state index contributed by atoms with van der Waals surface area (Å²) in [5.41, 5.74) is 4.72. The van der Waals surface area contributed by atoms with Crippen molar-refractivity contribution in [3.05, 3.63) is 77.6 Å². The molecule has 2 heterocycles. The van der Waals surface area contributed by atoms with Crippen LogP contribution in [0.2, 0.25) is 0 Å². The first-order valence-electron chi connectivity index (χ1n) is 9.86. The highest BCUT2D eigenvalue weighted by Gasteiger charge is 2.19. The van der Waals surface area contributed by atoms with Gasteiger partial charge in [-0.25, -0.2) is 9.97 Å². The molecule has 29 heavy (non-hydrogen) atoms. The lowest BCUT2D eigenvalue weighted by molar-refractivity contribution is 0.102. The van der Waals surface area contributed by atoms with Crippen molar-refractivity contribution in [2.45, 2.75) is 13.8 Å². The predicted octanol–water partition coefficient (Wildman–Crippen LogP) is 3.67. The lowest BCUT2D eigenvalue weighted by atomic mass is 10.1. The molecule has 2 aromatic carbocycles. The molecule has 1 N–H and O–H groups in total. The molecule has 148 valence electrons. The fourth-order valence-corrected chi connectivity index (χ4v) is 3.49. The molecule has 1 aromatic heterocycles. The lowest BCUT2D eigenvalue weighted by Crippen LogP contribution is -2.47. The summed E-state index contributed by atoms with van der Waals surface area (Å²) in [6.45, 7) is 7.57. The number of nitrogens with zero attached hydrogens (tertiary/aromatic N) is 4. The van der Waals surface area contributed by atoms with Gasteiger partial charge in [0.2, 0.25) is 5.95 Å². The Hall–Kier alpha value is -3.41. The van der Waals surface area contributed by atoms with E-state index < -0.39 is 0 Å². The van der Waals surface area contributed by atoms with Crippen LogP contribution in [0.4, 0.5) is 17.3 Å². The van der Waals surface area contributed by atoms with Crippen LogP contribution in [0.5, 0.6) is 0 Å². The largest absolute Gasteiger partial charge is 0.368 e. The van der Waals surface area contributed by atoms with Crippen molar-refractivity contribution < 1.29 is 4.79 Å². The molecule has 0 atom stereocenters. The number of hydrogen-bond donors (Lipinski definition) is 1. The first-order chi connectivity index (χ1) is 14.1. The van der Waals surface area contributed by atoms with Gasteiger partial charge in [-0.05, 0) is 43.2 Å². The van der Waals surface area contributed by atoms with Crippen LogP contribution in [-0.4, -0.2) is 42.1 Å². The van der Waals surface area contributed by atoms with Gasteiger partial charge in [-0.2, -0.15) is 0 Å². The van der Waals surface area contributed by atoms with Crippen molar-refractivity contribution in [2.24, 2.45) is 0 Å². The van der Waals surface area contributed by atoms with Crippen molar-refractivity contribution in [2.75, 3.05) is 41.3 Å². The number of carbonyl (C=O) groups is 1. The summed E-state index contributed by atoms with van der Waals surface area (Å²) in [4.78, 5) is 26.0. The second kappa shape index (κ2) is 8.31. The molecule has 6 nitrogen and oxygen atoms in total. The molecule has 0 bridgehead atoms. The van der Waals surface area contributed by atoms with Crippen LogP contribution in [0.25, 0.3) is 0 Å². The topological polar surface area (TPSA) is 61.4 Å². The molecular weight excluding hydrogens is 362 g/mol. The summed E-state index contributed by atoms with van der Waals surface area (Å²) in [6.07, 6.45) is 3.21. The van der Waals surface area contributed by atoms with E-state index in [4.69, 9.17) is 0 Å². The summed E-state index contributed by atoms with van der Waals surface area (Å²) < 4.78 is 0. The molecule has 0 saturated carbocycles. The minimum Gasteiger partial charge on any atom is -0.368 e. The summed E-state index contributed by atoms with van der Waals surface area (Å²) in [5.74, 6) is 0.472. The van der Waals surface area contributed by atoms with E-state index in [0.29, 0.717) is 11.5 Å². The van der Waals surface area contributed by atoms with Gasteiger partial charge in [-0.15, -0.1) is 0 Å². The van der Waals surface area contributed by atoms with Gasteiger partial charge in [0.05, 0.1) is 5.56 Å². The first-order valence-corrected chi connectivity index (χ1v) is 9.86. The Bertz CT molecular complexity index is 980. The maximum absolute atomic E-state index is 12.6. The molecule has 6 heteroatoms. The van der Waals surface area contributed by atoms with Crippen LogP contribution in [0.3, 0.4) is 0 Å². The third kappa shape index (κ3) is 4.21. The Kier molecular flexibility index (Phi) is 5.42. The highest BCUT2D eigenvalue weighted by atomic mass is 16.1. The molecule has 3 aromatic rings. The fourth-order valence-electron chi connectivity index (χ4n) is 3.49. The molecule has 1 aliphatic rings. The van der Waals surface area contributed by atoms with Gasteiger partial charge in [0.25, 0.3) is 5.91 Å². The van der Waals surface area contributed by atoms with Gasteiger partial charge >= 0.3 is 0 Å². The smallest absolute Gasteiger partial charge is 0.258 e. The van der Waals surface area contributed by atoms with Crippen molar-refractivity contribution in [1.82, 2.24) is 9.97 Å². The van der Waals surface area contributed by atoms with E-state index in [1.165, 1.54) is 5.69 Å². The highest BCUT2D eigenvalue weighted by molar-refractivity contribution is 6.04. The predicted molar refractivity (Wildman–Crippen MR) is 117 cm³/mol. The van der Waals surface area contributed by atoms with Crippen molar-refractivity contribution in [3.8, 4) is 0 Å². The van der Waals surface area contributed by atoms with E-state index in [2.05, 4.69) is 49.4 Å². The van der Waals surface area contributed by atoms with Crippen LogP contribution < -0.4 is 15.1 Å². The van der Waals surface area contributed by atoms with Gasteiger partial charge in [0.1, 0.15) is 0 Å². The van der Waals surface area contributed by atoms with E-state index in [1.807, 2.05) is 38.1 Å². The zero-order valence-corrected chi connectivity index (χ0v) is 16.8. The molecule has 0 spiro atoms. The SMILES string of the molecule is Cc1cccc(NC(=O)c2cnc(N3CCN(c4ccccc4)CC3)nc2)c1C. The number of hydrogen-bond acceptors (Lipinski definition) is 5. The zero-order chi connectivity index (χ0) is 20.2. The molecule has 1 fully saturated rings. The van der Waals surface area contributed by atoms with Crippen LogP contribution in [0.1, 0.15) is 21.5 Å². The number of nitrogens with one attached hydrogen (secondary N) is 1. The number of rotatable bonds is 4. The standard InChI is InChI=1S/C23H25N5O/c1-17-7-6-10-21(18(17)2)26-22(29)19-15-24-23(25-16-19)28-13-11-27(12-14-28)20-8-4-3-5-9-20/h3-10,15-16H,11-14H2,1-2H3,(H,26,29). The minimum absolute atomic E-state index is 0.195. The quantitative estimate of drug-likeness (QED) is 0.740. The number of aryl methyl sites for hydroxylation is 1. The van der Waals surface area contributed by atoms with Gasteiger partial charge in [0.15, 0.2) is 0 Å². The second-order valence-electron chi connectivity index (χ2n) is 7.28. The molecule has 4 rings (SSSR count). The van der Waals surface area contributed by atoms with Gasteiger partial charge in [-0.1, -0.05) is 30.3 Å². The molecule has 0 aliphatic carbocycles. The van der Waals surface area contributed by atoms with Crippen LogP contribution >= 0.6 is 0 Å². The Balaban J connectivity index is 1.38. The van der Waals surface area contributed by atoms with Gasteiger partial charge in [0, 0.05) is 49.9 Å². The van der Waals surface area contributed by atoms with E-state index >= 15 is 0 Å². The number of piperazine rings is 1. The van der Waals surface area contributed by atoms with Crippen LogP contribution in [0, 0.1) is 13.8 Å². The monoisotopic (exact) mass is 387 g/mol. The number of para-hydroxylation sites is 1. The Morgan fingerprint density at radius 3 is 2.21 bits per heavy atom. The Morgan fingerprint density at radius 1 is 0.862 bits per heavy atom. The summed E-state index contributed by atoms with van der Waals surface area (Å²) >= 11 is 0. The van der Waals surface area contributed by atoms with E-state index in [-0.39, 0.29) is 5.91 Å². The average Bonchev–Trinajstić information content (AvgIpc) is 2.78. The van der Waals surface area contributed by atoms with Crippen LogP contribution in [0.15, 0.2) is 60.9 Å². The summed E-state index contributed by atoms with van der Waals surface area (Å²) in [5, 5.41) is 2.95. The van der Waals surface area contributed by atoms with E-state index in [1.54, 1.807) is 12.4 Å². The molecule has 0 unspecified atom stereocenters. The third-order valence-electron chi connectivity index (χ3n) is 5.44. The summed E-state index contributed by atoms with van der Waals surface area (Å²) in [7, 11) is 0. The average molecular weight is 387 g/mol. The van der Waals surface area contributed by atoms with E-state index in [0.717, 1.165) is 43.0 Å². The molecule has 1 aliphatic heterocycles. The number of amides is 1. The second-order valence-corrected chi connectivity index (χ2v) is 7.28. The highest BCUT2D eigenvalue weighted by Crippen LogP contribution is 2.20. The van der Waals surface area contributed by atoms with Gasteiger partial charge < -0.3 is 15.1 Å². The zero-order valence-electron chi connectivity index (χ0n) is 16.8. The Labute approximate surface area is 171 Å². The molecule has 1 amide bonds. The normalized spacial score (nSPS) is 14.0. The molecule has 1 saturated heterocycles. The number of anilines is 3. The van der Waals surface area contributed by atoms with Crippen molar-refractivity contribution >= 4 is 23.2 Å². The number of benzene rings is 2. The summed E-state index contributed by atoms with van der Waals surface area (Å²) in [6, 6.07) is 16.3. The number of carbonyl (C=O) groups excluding carboxylic acids is 1. The van der Waals surface area contributed by atoms with Gasteiger partial charge in [-0.3, -0.25) is 4.79 Å². The Morgan fingerprint density at radius 2 is 1.52 bits per heavy atom. The molecular formula is C23H25N5O. The maximum Gasteiger partial charge on any atom is 0.258 e. The maximum atomic E-state index is 12.6. The lowest BCUT2D eigenvalue weighted by Gasteiger charge is -2.36. The molecule has 0 radical (unpaired) electrons. The third-order valence-corrected chi connectivity index (χ3v) is 5.44. The first kappa shape index (κ1) is 18.9. The van der Waals surface area contributed by atoms with Crippen LogP contribution in [-0.2, 0) is 0 Å². The number of aromatic nitrogens is 2. The fraction of sp³-hybridized carbons (Fsp3) is 0.261. The van der Waals surface area contributed by atoms with Crippen molar-refractivity contribution in [3.63, 3.8) is 0 Å².